The third kappa shape index (κ3) is 5.66. The van der Waals surface area contributed by atoms with Gasteiger partial charge in [-0.15, -0.1) is 0 Å². The number of rotatable bonds is 8. The van der Waals surface area contributed by atoms with Crippen molar-refractivity contribution in [1.82, 2.24) is 10.3 Å². The van der Waals surface area contributed by atoms with Crippen LogP contribution in [-0.2, 0) is 16.0 Å². The number of amides is 1. The fourth-order valence-electron chi connectivity index (χ4n) is 3.54. The molecule has 2 N–H and O–H groups in total. The first-order valence-electron chi connectivity index (χ1n) is 10.4. The van der Waals surface area contributed by atoms with E-state index in [2.05, 4.69) is 10.3 Å². The molecule has 6 nitrogen and oxygen atoms in total. The molecule has 0 spiro atoms. The molecule has 2 aromatic carbocycles. The molecule has 0 aliphatic rings. The van der Waals surface area contributed by atoms with E-state index in [4.69, 9.17) is 10.1 Å². The Labute approximate surface area is 188 Å². The molecule has 2 unspecified atom stereocenters. The van der Waals surface area contributed by atoms with Crippen molar-refractivity contribution in [1.29, 1.82) is 5.41 Å². The van der Waals surface area contributed by atoms with Crippen LogP contribution in [0, 0.1) is 11.3 Å². The second-order valence-electron chi connectivity index (χ2n) is 7.74. The van der Waals surface area contributed by atoms with Gasteiger partial charge in [-0.1, -0.05) is 36.4 Å². The van der Waals surface area contributed by atoms with Gasteiger partial charge in [0.15, 0.2) is 0 Å². The molecule has 0 bridgehead atoms. The summed E-state index contributed by atoms with van der Waals surface area (Å²) < 4.78 is 5.00. The van der Waals surface area contributed by atoms with Crippen LogP contribution in [0.5, 0.6) is 0 Å². The van der Waals surface area contributed by atoms with Crippen LogP contribution in [0.15, 0.2) is 73.1 Å². The maximum Gasteiger partial charge on any atom is 0.311 e. The standard InChI is InChI=1S/C26H27N3O3/c1-17(27)22-7-4-6-19(14-22)15-24(26(31)32-3)18(2)29-25(30)21-11-9-20(10-12-21)23-8-5-13-28-16-23/h4-14,16,18,24,27H,15H2,1-3H3,(H,29,30). The number of hydrogen-bond donors (Lipinski definition) is 2. The number of methoxy groups -OCH3 is 1. The van der Waals surface area contributed by atoms with Crippen molar-refractivity contribution >= 4 is 17.6 Å². The van der Waals surface area contributed by atoms with E-state index in [-0.39, 0.29) is 11.9 Å². The average molecular weight is 430 g/mol. The number of carbonyl (C=O) groups is 2. The van der Waals surface area contributed by atoms with Gasteiger partial charge in [-0.2, -0.15) is 0 Å². The number of ether oxygens (including phenoxy) is 1. The molecule has 164 valence electrons. The Balaban J connectivity index is 1.72. The molecular weight excluding hydrogens is 402 g/mol. The molecule has 0 saturated carbocycles. The van der Waals surface area contributed by atoms with E-state index in [1.54, 1.807) is 38.4 Å². The van der Waals surface area contributed by atoms with Crippen molar-refractivity contribution in [2.75, 3.05) is 7.11 Å². The zero-order valence-corrected chi connectivity index (χ0v) is 18.5. The second kappa shape index (κ2) is 10.5. The Kier molecular flexibility index (Phi) is 7.49. The summed E-state index contributed by atoms with van der Waals surface area (Å²) in [6.45, 7) is 3.52. The van der Waals surface area contributed by atoms with E-state index in [9.17, 15) is 9.59 Å². The highest BCUT2D eigenvalue weighted by atomic mass is 16.5. The molecule has 6 heteroatoms. The Morgan fingerprint density at radius 3 is 2.41 bits per heavy atom. The van der Waals surface area contributed by atoms with Gasteiger partial charge in [0.05, 0.1) is 13.0 Å². The number of nitrogens with one attached hydrogen (secondary N) is 2. The maximum absolute atomic E-state index is 12.8. The Bertz CT molecular complexity index is 1090. The fraction of sp³-hybridized carbons (Fsp3) is 0.231. The monoisotopic (exact) mass is 429 g/mol. The van der Waals surface area contributed by atoms with Gasteiger partial charge in [0.25, 0.3) is 5.91 Å². The molecule has 0 saturated heterocycles. The fourth-order valence-corrected chi connectivity index (χ4v) is 3.54. The second-order valence-corrected chi connectivity index (χ2v) is 7.74. The summed E-state index contributed by atoms with van der Waals surface area (Å²) in [7, 11) is 1.35. The van der Waals surface area contributed by atoms with Crippen LogP contribution in [0.25, 0.3) is 11.1 Å². The molecular formula is C26H27N3O3. The van der Waals surface area contributed by atoms with Crippen LogP contribution in [0.4, 0.5) is 0 Å². The summed E-state index contributed by atoms with van der Waals surface area (Å²) in [5, 5.41) is 10.8. The SMILES string of the molecule is COC(=O)C(Cc1cccc(C(C)=N)c1)C(C)NC(=O)c1ccc(-c2cccnc2)cc1. The van der Waals surface area contributed by atoms with Crippen molar-refractivity contribution in [3.05, 3.63) is 89.7 Å². The highest BCUT2D eigenvalue weighted by Crippen LogP contribution is 2.20. The molecule has 0 aliphatic carbocycles. The van der Waals surface area contributed by atoms with Crippen LogP contribution < -0.4 is 5.32 Å². The predicted molar refractivity (Wildman–Crippen MR) is 125 cm³/mol. The summed E-state index contributed by atoms with van der Waals surface area (Å²) in [4.78, 5) is 29.4. The van der Waals surface area contributed by atoms with Crippen molar-refractivity contribution in [3.63, 3.8) is 0 Å². The van der Waals surface area contributed by atoms with Gasteiger partial charge in [-0.25, -0.2) is 0 Å². The third-order valence-electron chi connectivity index (χ3n) is 5.42. The van der Waals surface area contributed by atoms with Crippen molar-refractivity contribution < 1.29 is 14.3 Å². The third-order valence-corrected chi connectivity index (χ3v) is 5.42. The first-order chi connectivity index (χ1) is 15.4. The molecule has 3 aromatic rings. The zero-order valence-electron chi connectivity index (χ0n) is 18.5. The van der Waals surface area contributed by atoms with Crippen molar-refractivity contribution in [2.45, 2.75) is 26.3 Å². The lowest BCUT2D eigenvalue weighted by Crippen LogP contribution is -2.42. The number of hydrogen-bond acceptors (Lipinski definition) is 5. The number of benzene rings is 2. The summed E-state index contributed by atoms with van der Waals surface area (Å²) in [6, 6.07) is 18.2. The van der Waals surface area contributed by atoms with Gasteiger partial charge in [-0.3, -0.25) is 14.6 Å². The van der Waals surface area contributed by atoms with Gasteiger partial charge in [0, 0.05) is 29.7 Å². The van der Waals surface area contributed by atoms with Crippen molar-refractivity contribution in [3.8, 4) is 11.1 Å². The molecule has 1 heterocycles. The van der Waals surface area contributed by atoms with Crippen LogP contribution in [0.2, 0.25) is 0 Å². The van der Waals surface area contributed by atoms with E-state index in [0.717, 1.165) is 22.3 Å². The minimum Gasteiger partial charge on any atom is -0.469 e. The molecule has 1 amide bonds. The minimum absolute atomic E-state index is 0.256. The first kappa shape index (κ1) is 22.9. The quantitative estimate of drug-likeness (QED) is 0.413. The summed E-state index contributed by atoms with van der Waals surface area (Å²) >= 11 is 0. The average Bonchev–Trinajstić information content (AvgIpc) is 2.82. The summed E-state index contributed by atoms with van der Waals surface area (Å²) in [5.74, 6) is -1.20. The Morgan fingerprint density at radius 1 is 1.03 bits per heavy atom. The lowest BCUT2D eigenvalue weighted by Gasteiger charge is -2.23. The topological polar surface area (TPSA) is 92.1 Å². The number of aromatic nitrogens is 1. The lowest BCUT2D eigenvalue weighted by molar-refractivity contribution is -0.146. The number of nitrogens with zero attached hydrogens (tertiary/aromatic N) is 1. The lowest BCUT2D eigenvalue weighted by atomic mass is 9.91. The van der Waals surface area contributed by atoms with Crippen molar-refractivity contribution in [2.24, 2.45) is 5.92 Å². The molecule has 3 rings (SSSR count). The summed E-state index contributed by atoms with van der Waals surface area (Å²) in [5.41, 5.74) is 4.62. The Hall–Kier alpha value is -3.80. The van der Waals surface area contributed by atoms with E-state index in [1.807, 2.05) is 48.5 Å². The molecule has 32 heavy (non-hydrogen) atoms. The van der Waals surface area contributed by atoms with Gasteiger partial charge >= 0.3 is 5.97 Å². The number of esters is 1. The highest BCUT2D eigenvalue weighted by molar-refractivity contribution is 5.96. The molecule has 0 fully saturated rings. The molecule has 1 aromatic heterocycles. The Morgan fingerprint density at radius 2 is 1.78 bits per heavy atom. The summed E-state index contributed by atoms with van der Waals surface area (Å²) in [6.07, 6.45) is 3.88. The molecule has 2 atom stereocenters. The van der Waals surface area contributed by atoms with E-state index in [0.29, 0.717) is 17.7 Å². The van der Waals surface area contributed by atoms with E-state index >= 15 is 0 Å². The van der Waals surface area contributed by atoms with E-state index < -0.39 is 12.0 Å². The van der Waals surface area contributed by atoms with Gasteiger partial charge in [-0.05, 0) is 66.8 Å². The van der Waals surface area contributed by atoms with Gasteiger partial charge < -0.3 is 15.5 Å². The normalized spacial score (nSPS) is 12.5. The maximum atomic E-state index is 12.8. The highest BCUT2D eigenvalue weighted by Gasteiger charge is 2.28. The zero-order chi connectivity index (χ0) is 23.1. The smallest absolute Gasteiger partial charge is 0.311 e. The molecule has 0 aliphatic heterocycles. The molecule has 0 radical (unpaired) electrons. The van der Waals surface area contributed by atoms with Gasteiger partial charge in [0.2, 0.25) is 0 Å². The largest absolute Gasteiger partial charge is 0.469 e. The number of carbonyl (C=O) groups excluding carboxylic acids is 2. The van der Waals surface area contributed by atoms with Crippen LogP contribution in [0.1, 0.15) is 35.3 Å². The van der Waals surface area contributed by atoms with Gasteiger partial charge in [0.1, 0.15) is 0 Å². The van der Waals surface area contributed by atoms with E-state index in [1.165, 1.54) is 7.11 Å². The minimum atomic E-state index is -0.556. The van der Waals surface area contributed by atoms with Crippen LogP contribution in [-0.4, -0.2) is 35.7 Å². The first-order valence-corrected chi connectivity index (χ1v) is 10.4. The van der Waals surface area contributed by atoms with Crippen LogP contribution in [0.3, 0.4) is 0 Å². The number of pyridine rings is 1. The predicted octanol–water partition coefficient (Wildman–Crippen LogP) is 4.29. The van der Waals surface area contributed by atoms with Crippen LogP contribution >= 0.6 is 0 Å².